The molecule has 2 aromatic carbocycles. The monoisotopic (exact) mass is 478 g/mol. The highest BCUT2D eigenvalue weighted by Crippen LogP contribution is 2.21. The number of sulfonamides is 1. The maximum atomic E-state index is 12.8. The van der Waals surface area contributed by atoms with Gasteiger partial charge in [0.05, 0.1) is 25.2 Å². The van der Waals surface area contributed by atoms with Gasteiger partial charge in [0.2, 0.25) is 10.0 Å². The highest BCUT2D eigenvalue weighted by Gasteiger charge is 2.27. The van der Waals surface area contributed by atoms with E-state index in [4.69, 9.17) is 18.9 Å². The van der Waals surface area contributed by atoms with Crippen LogP contribution in [0.1, 0.15) is 6.92 Å². The van der Waals surface area contributed by atoms with Gasteiger partial charge in [0.25, 0.3) is 5.91 Å². The van der Waals surface area contributed by atoms with Gasteiger partial charge < -0.3 is 24.3 Å². The number of hydrogen-bond donors (Lipinski definition) is 1. The van der Waals surface area contributed by atoms with Crippen molar-refractivity contribution in [1.29, 1.82) is 0 Å². The van der Waals surface area contributed by atoms with Crippen LogP contribution < -0.4 is 14.8 Å². The molecule has 0 aliphatic carbocycles. The number of rotatable bonds is 9. The molecule has 1 aliphatic rings. The van der Waals surface area contributed by atoms with Crippen molar-refractivity contribution in [2.75, 3.05) is 45.3 Å². The van der Waals surface area contributed by atoms with Crippen LogP contribution in [-0.2, 0) is 29.1 Å². The molecule has 1 aliphatic heterocycles. The SMILES string of the molecule is COc1ccc(OCC(=O)O[C@@H](C)C(=O)Nc2cccc(S(=O)(=O)N3CCOCC3)c2)cc1. The summed E-state index contributed by atoms with van der Waals surface area (Å²) in [7, 11) is -2.16. The van der Waals surface area contributed by atoms with Crippen LogP contribution in [0.4, 0.5) is 5.69 Å². The van der Waals surface area contributed by atoms with Crippen molar-refractivity contribution in [3.63, 3.8) is 0 Å². The fourth-order valence-electron chi connectivity index (χ4n) is 3.01. The topological polar surface area (TPSA) is 120 Å². The lowest BCUT2D eigenvalue weighted by atomic mass is 10.3. The van der Waals surface area contributed by atoms with Crippen LogP contribution >= 0.6 is 0 Å². The summed E-state index contributed by atoms with van der Waals surface area (Å²) >= 11 is 0. The Morgan fingerprint density at radius 1 is 1.09 bits per heavy atom. The van der Waals surface area contributed by atoms with E-state index in [9.17, 15) is 18.0 Å². The van der Waals surface area contributed by atoms with Crippen molar-refractivity contribution in [2.45, 2.75) is 17.9 Å². The lowest BCUT2D eigenvalue weighted by molar-refractivity contribution is -0.155. The van der Waals surface area contributed by atoms with Crippen molar-refractivity contribution in [3.8, 4) is 11.5 Å². The third-order valence-corrected chi connectivity index (χ3v) is 6.70. The number of carbonyl (C=O) groups is 2. The third-order valence-electron chi connectivity index (χ3n) is 4.80. The van der Waals surface area contributed by atoms with Gasteiger partial charge in [-0.25, -0.2) is 13.2 Å². The smallest absolute Gasteiger partial charge is 0.344 e. The van der Waals surface area contributed by atoms with E-state index in [1.54, 1.807) is 37.4 Å². The molecule has 1 N–H and O–H groups in total. The predicted molar refractivity (Wildman–Crippen MR) is 119 cm³/mol. The van der Waals surface area contributed by atoms with Crippen LogP contribution in [0.5, 0.6) is 11.5 Å². The second kappa shape index (κ2) is 11.1. The summed E-state index contributed by atoms with van der Waals surface area (Å²) in [6.07, 6.45) is -1.11. The van der Waals surface area contributed by atoms with Crippen LogP contribution in [0.25, 0.3) is 0 Å². The number of nitrogens with zero attached hydrogens (tertiary/aromatic N) is 1. The standard InChI is InChI=1S/C22H26N2O8S/c1-16(32-21(25)15-31-19-8-6-18(29-2)7-9-19)22(26)23-17-4-3-5-20(14-17)33(27,28)24-10-12-30-13-11-24/h3-9,14,16H,10-13,15H2,1-2H3,(H,23,26)/t16-/m0/s1. The number of esters is 1. The van der Waals surface area contributed by atoms with Gasteiger partial charge in [-0.2, -0.15) is 4.31 Å². The fourth-order valence-corrected chi connectivity index (χ4v) is 4.47. The molecule has 0 spiro atoms. The molecule has 3 rings (SSSR count). The average molecular weight is 479 g/mol. The predicted octanol–water partition coefficient (Wildman–Crippen LogP) is 1.67. The van der Waals surface area contributed by atoms with Crippen molar-refractivity contribution >= 4 is 27.6 Å². The quantitative estimate of drug-likeness (QED) is 0.541. The number of anilines is 1. The average Bonchev–Trinajstić information content (AvgIpc) is 2.83. The van der Waals surface area contributed by atoms with Gasteiger partial charge in [0.1, 0.15) is 11.5 Å². The minimum atomic E-state index is -3.71. The Bertz CT molecular complexity index is 1070. The zero-order chi connectivity index (χ0) is 23.8. The number of morpholine rings is 1. The summed E-state index contributed by atoms with van der Waals surface area (Å²) in [4.78, 5) is 24.5. The minimum Gasteiger partial charge on any atom is -0.497 e. The molecule has 1 saturated heterocycles. The molecule has 1 amide bonds. The van der Waals surface area contributed by atoms with Crippen molar-refractivity contribution in [2.24, 2.45) is 0 Å². The lowest BCUT2D eigenvalue weighted by Gasteiger charge is -2.26. The van der Waals surface area contributed by atoms with E-state index in [-0.39, 0.29) is 30.3 Å². The van der Waals surface area contributed by atoms with Crippen molar-refractivity contribution in [3.05, 3.63) is 48.5 Å². The first kappa shape index (κ1) is 24.5. The second-order valence-corrected chi connectivity index (χ2v) is 9.07. The van der Waals surface area contributed by atoms with Gasteiger partial charge in [0.15, 0.2) is 12.7 Å². The van der Waals surface area contributed by atoms with Crippen LogP contribution in [0.3, 0.4) is 0 Å². The van der Waals surface area contributed by atoms with E-state index in [1.807, 2.05) is 0 Å². The summed E-state index contributed by atoms with van der Waals surface area (Å²) in [6.45, 7) is 2.24. The Hall–Kier alpha value is -3.15. The van der Waals surface area contributed by atoms with E-state index >= 15 is 0 Å². The maximum Gasteiger partial charge on any atom is 0.344 e. The van der Waals surface area contributed by atoms with E-state index < -0.39 is 28.0 Å². The molecular formula is C22H26N2O8S. The molecule has 1 heterocycles. The second-order valence-electron chi connectivity index (χ2n) is 7.13. The number of methoxy groups -OCH3 is 1. The van der Waals surface area contributed by atoms with Gasteiger partial charge in [-0.3, -0.25) is 4.79 Å². The number of carbonyl (C=O) groups excluding carboxylic acids is 2. The van der Waals surface area contributed by atoms with Gasteiger partial charge in [-0.15, -0.1) is 0 Å². The lowest BCUT2D eigenvalue weighted by Crippen LogP contribution is -2.40. The summed E-state index contributed by atoms with van der Waals surface area (Å²) in [5.74, 6) is -0.231. The number of ether oxygens (including phenoxy) is 4. The van der Waals surface area contributed by atoms with Crippen LogP contribution in [0.15, 0.2) is 53.4 Å². The molecule has 33 heavy (non-hydrogen) atoms. The molecule has 178 valence electrons. The molecule has 1 fully saturated rings. The normalized spacial score (nSPS) is 15.3. The van der Waals surface area contributed by atoms with Crippen LogP contribution in [0.2, 0.25) is 0 Å². The van der Waals surface area contributed by atoms with Gasteiger partial charge >= 0.3 is 5.97 Å². The molecule has 0 aromatic heterocycles. The third kappa shape index (κ3) is 6.67. The summed E-state index contributed by atoms with van der Waals surface area (Å²) < 4.78 is 47.6. The first-order valence-corrected chi connectivity index (χ1v) is 11.7. The molecule has 1 atom stereocenters. The summed E-state index contributed by atoms with van der Waals surface area (Å²) in [5.41, 5.74) is 0.270. The van der Waals surface area contributed by atoms with E-state index in [1.165, 1.54) is 29.4 Å². The van der Waals surface area contributed by atoms with Crippen LogP contribution in [-0.4, -0.2) is 70.7 Å². The maximum absolute atomic E-state index is 12.8. The Labute approximate surface area is 192 Å². The van der Waals surface area contributed by atoms with E-state index in [0.29, 0.717) is 24.7 Å². The van der Waals surface area contributed by atoms with Gasteiger partial charge in [-0.05, 0) is 49.4 Å². The number of amides is 1. The Kier molecular flexibility index (Phi) is 8.26. The first-order valence-electron chi connectivity index (χ1n) is 10.2. The molecular weight excluding hydrogens is 452 g/mol. The van der Waals surface area contributed by atoms with Gasteiger partial charge in [-0.1, -0.05) is 6.07 Å². The number of benzene rings is 2. The molecule has 0 unspecified atom stereocenters. The number of hydrogen-bond acceptors (Lipinski definition) is 8. The highest BCUT2D eigenvalue weighted by molar-refractivity contribution is 7.89. The molecule has 2 aromatic rings. The Balaban J connectivity index is 1.53. The molecule has 11 heteroatoms. The van der Waals surface area contributed by atoms with Crippen LogP contribution in [0, 0.1) is 0 Å². The summed E-state index contributed by atoms with van der Waals surface area (Å²) in [6, 6.07) is 12.6. The molecule has 0 radical (unpaired) electrons. The minimum absolute atomic E-state index is 0.0553. The largest absolute Gasteiger partial charge is 0.497 e. The highest BCUT2D eigenvalue weighted by atomic mass is 32.2. The zero-order valence-electron chi connectivity index (χ0n) is 18.4. The Morgan fingerprint density at radius 3 is 2.42 bits per heavy atom. The van der Waals surface area contributed by atoms with E-state index in [2.05, 4.69) is 5.32 Å². The zero-order valence-corrected chi connectivity index (χ0v) is 19.2. The fraction of sp³-hybridized carbons (Fsp3) is 0.364. The molecule has 10 nitrogen and oxygen atoms in total. The summed E-state index contributed by atoms with van der Waals surface area (Å²) in [5, 5.41) is 2.57. The van der Waals surface area contributed by atoms with Crippen molar-refractivity contribution < 1.29 is 37.0 Å². The molecule has 0 bridgehead atoms. The number of nitrogens with one attached hydrogen (secondary N) is 1. The van der Waals surface area contributed by atoms with Gasteiger partial charge in [0, 0.05) is 18.8 Å². The molecule has 0 saturated carbocycles. The first-order chi connectivity index (χ1) is 15.8. The van der Waals surface area contributed by atoms with E-state index in [0.717, 1.165) is 0 Å². The van der Waals surface area contributed by atoms with Crippen molar-refractivity contribution in [1.82, 2.24) is 4.31 Å². The Morgan fingerprint density at radius 2 is 1.76 bits per heavy atom.